The fourth-order valence-corrected chi connectivity index (χ4v) is 2.25. The second-order valence-corrected chi connectivity index (χ2v) is 6.47. The van der Waals surface area contributed by atoms with Crippen LogP contribution in [-0.4, -0.2) is 48.2 Å². The van der Waals surface area contributed by atoms with Gasteiger partial charge in [0.25, 0.3) is 0 Å². The number of hydrogen-bond donors (Lipinski definition) is 1. The molecule has 1 heterocycles. The minimum Gasteiger partial charge on any atom is -0.459 e. The number of hydrogen-bond acceptors (Lipinski definition) is 4. The number of rotatable bonds is 3. The van der Waals surface area contributed by atoms with Crippen molar-refractivity contribution in [3.05, 3.63) is 0 Å². The summed E-state index contributed by atoms with van der Waals surface area (Å²) >= 11 is 0. The van der Waals surface area contributed by atoms with Crippen LogP contribution in [-0.2, 0) is 9.53 Å². The number of nitrogens with one attached hydrogen (secondary N) is 1. The van der Waals surface area contributed by atoms with Gasteiger partial charge >= 0.3 is 5.97 Å². The van der Waals surface area contributed by atoms with E-state index in [0.29, 0.717) is 12.1 Å². The number of carbonyl (C=O) groups is 1. The predicted octanol–water partition coefficient (Wildman–Crippen LogP) is 1.79. The third-order valence-electron chi connectivity index (χ3n) is 3.45. The molecular formula is C14H28N2O2. The highest BCUT2D eigenvalue weighted by atomic mass is 16.6. The Labute approximate surface area is 111 Å². The number of carbonyl (C=O) groups excluding carboxylic acids is 1. The van der Waals surface area contributed by atoms with Crippen LogP contribution in [0.4, 0.5) is 0 Å². The molecule has 0 bridgehead atoms. The van der Waals surface area contributed by atoms with Gasteiger partial charge in [0, 0.05) is 12.1 Å². The van der Waals surface area contributed by atoms with Gasteiger partial charge in [0.15, 0.2) is 0 Å². The first kappa shape index (κ1) is 15.4. The summed E-state index contributed by atoms with van der Waals surface area (Å²) in [4.78, 5) is 14.2. The van der Waals surface area contributed by atoms with Crippen molar-refractivity contribution >= 4 is 5.97 Å². The molecule has 1 aliphatic rings. The molecule has 0 aromatic heterocycles. The van der Waals surface area contributed by atoms with Crippen LogP contribution in [0.1, 0.15) is 47.5 Å². The second-order valence-electron chi connectivity index (χ2n) is 6.47. The molecular weight excluding hydrogens is 228 g/mol. The summed E-state index contributed by atoms with van der Waals surface area (Å²) in [6, 6.07) is 0.755. The second kappa shape index (κ2) is 6.02. The number of likely N-dealkylation sites (tertiary alicyclic amines) is 1. The van der Waals surface area contributed by atoms with Crippen molar-refractivity contribution in [2.24, 2.45) is 0 Å². The lowest BCUT2D eigenvalue weighted by molar-refractivity contribution is -0.157. The summed E-state index contributed by atoms with van der Waals surface area (Å²) in [6.07, 6.45) is 2.18. The standard InChI is InChI=1S/C14H28N2O2/c1-10-9-12(7-8-16(10)6)15-11(2)13(17)18-14(3,4)5/h10-12,15H,7-9H2,1-6H3. The van der Waals surface area contributed by atoms with Gasteiger partial charge < -0.3 is 15.0 Å². The maximum absolute atomic E-state index is 11.9. The number of ether oxygens (including phenoxy) is 1. The highest BCUT2D eigenvalue weighted by Crippen LogP contribution is 2.16. The number of esters is 1. The van der Waals surface area contributed by atoms with Crippen molar-refractivity contribution in [2.75, 3.05) is 13.6 Å². The highest BCUT2D eigenvalue weighted by Gasteiger charge is 2.27. The Bertz CT molecular complexity index is 286. The van der Waals surface area contributed by atoms with Gasteiger partial charge in [-0.15, -0.1) is 0 Å². The van der Waals surface area contributed by atoms with Crippen LogP contribution in [0, 0.1) is 0 Å². The van der Waals surface area contributed by atoms with Crippen molar-refractivity contribution in [1.82, 2.24) is 10.2 Å². The van der Waals surface area contributed by atoms with Crippen molar-refractivity contribution in [3.8, 4) is 0 Å². The van der Waals surface area contributed by atoms with E-state index in [9.17, 15) is 4.79 Å². The molecule has 0 aromatic rings. The minimum atomic E-state index is -0.410. The minimum absolute atomic E-state index is 0.158. The predicted molar refractivity (Wildman–Crippen MR) is 73.6 cm³/mol. The molecule has 1 aliphatic heterocycles. The van der Waals surface area contributed by atoms with Gasteiger partial charge in [0.1, 0.15) is 11.6 Å². The molecule has 0 aromatic carbocycles. The zero-order chi connectivity index (χ0) is 13.9. The lowest BCUT2D eigenvalue weighted by atomic mass is 9.98. The smallest absolute Gasteiger partial charge is 0.323 e. The summed E-state index contributed by atoms with van der Waals surface area (Å²) in [6.45, 7) is 10.9. The SMILES string of the molecule is CC(NC1CCN(C)C(C)C1)C(=O)OC(C)(C)C. The zero-order valence-corrected chi connectivity index (χ0v) is 12.6. The highest BCUT2D eigenvalue weighted by molar-refractivity contribution is 5.75. The molecule has 0 radical (unpaired) electrons. The Morgan fingerprint density at radius 1 is 1.44 bits per heavy atom. The first-order valence-electron chi connectivity index (χ1n) is 6.88. The lowest BCUT2D eigenvalue weighted by Crippen LogP contribution is -2.50. The van der Waals surface area contributed by atoms with E-state index in [1.807, 2.05) is 27.7 Å². The summed E-state index contributed by atoms with van der Waals surface area (Å²) in [5.41, 5.74) is -0.410. The molecule has 1 fully saturated rings. The average Bonchev–Trinajstić information content (AvgIpc) is 2.21. The lowest BCUT2D eigenvalue weighted by Gasteiger charge is -2.36. The van der Waals surface area contributed by atoms with E-state index in [2.05, 4.69) is 24.2 Å². The van der Waals surface area contributed by atoms with Crippen LogP contribution in [0.2, 0.25) is 0 Å². The van der Waals surface area contributed by atoms with Gasteiger partial charge in [-0.3, -0.25) is 4.79 Å². The fourth-order valence-electron chi connectivity index (χ4n) is 2.25. The Morgan fingerprint density at radius 2 is 2.06 bits per heavy atom. The van der Waals surface area contributed by atoms with Crippen molar-refractivity contribution in [2.45, 2.75) is 71.2 Å². The van der Waals surface area contributed by atoms with Crippen molar-refractivity contribution < 1.29 is 9.53 Å². The van der Waals surface area contributed by atoms with Gasteiger partial charge in [-0.25, -0.2) is 0 Å². The van der Waals surface area contributed by atoms with Crippen LogP contribution in [0.5, 0.6) is 0 Å². The molecule has 18 heavy (non-hydrogen) atoms. The molecule has 4 nitrogen and oxygen atoms in total. The van der Waals surface area contributed by atoms with Crippen molar-refractivity contribution in [1.29, 1.82) is 0 Å². The quantitative estimate of drug-likeness (QED) is 0.782. The van der Waals surface area contributed by atoms with Gasteiger partial charge in [-0.05, 0) is 61.1 Å². The molecule has 0 aliphatic carbocycles. The van der Waals surface area contributed by atoms with E-state index in [0.717, 1.165) is 19.4 Å². The van der Waals surface area contributed by atoms with Crippen LogP contribution in [0.15, 0.2) is 0 Å². The van der Waals surface area contributed by atoms with Crippen LogP contribution < -0.4 is 5.32 Å². The van der Waals surface area contributed by atoms with Crippen LogP contribution in [0.25, 0.3) is 0 Å². The molecule has 0 spiro atoms. The first-order chi connectivity index (χ1) is 8.19. The van der Waals surface area contributed by atoms with Crippen molar-refractivity contribution in [3.63, 3.8) is 0 Å². The van der Waals surface area contributed by atoms with E-state index in [4.69, 9.17) is 4.74 Å². The summed E-state index contributed by atoms with van der Waals surface area (Å²) in [7, 11) is 2.15. The van der Waals surface area contributed by atoms with Crippen LogP contribution >= 0.6 is 0 Å². The number of piperidine rings is 1. The first-order valence-corrected chi connectivity index (χ1v) is 6.88. The van der Waals surface area contributed by atoms with E-state index >= 15 is 0 Å². The zero-order valence-electron chi connectivity index (χ0n) is 12.6. The molecule has 106 valence electrons. The van der Waals surface area contributed by atoms with Gasteiger partial charge in [-0.1, -0.05) is 0 Å². The molecule has 1 N–H and O–H groups in total. The Balaban J connectivity index is 2.40. The number of nitrogens with zero attached hydrogens (tertiary/aromatic N) is 1. The Morgan fingerprint density at radius 3 is 2.56 bits per heavy atom. The average molecular weight is 256 g/mol. The molecule has 0 amide bonds. The molecule has 0 saturated carbocycles. The molecule has 1 rings (SSSR count). The Hall–Kier alpha value is -0.610. The molecule has 3 atom stereocenters. The van der Waals surface area contributed by atoms with E-state index < -0.39 is 5.60 Å². The largest absolute Gasteiger partial charge is 0.459 e. The molecule has 3 unspecified atom stereocenters. The van der Waals surface area contributed by atoms with Gasteiger partial charge in [0.05, 0.1) is 0 Å². The molecule has 4 heteroatoms. The van der Waals surface area contributed by atoms with E-state index in [-0.39, 0.29) is 12.0 Å². The fraction of sp³-hybridized carbons (Fsp3) is 0.929. The normalized spacial score (nSPS) is 27.9. The topological polar surface area (TPSA) is 41.6 Å². The summed E-state index contributed by atoms with van der Waals surface area (Å²) < 4.78 is 5.38. The maximum atomic E-state index is 11.9. The van der Waals surface area contributed by atoms with Gasteiger partial charge in [-0.2, -0.15) is 0 Å². The molecule has 1 saturated heterocycles. The third-order valence-corrected chi connectivity index (χ3v) is 3.45. The Kier molecular flexibility index (Phi) is 5.17. The summed E-state index contributed by atoms with van der Waals surface area (Å²) in [5, 5.41) is 3.39. The van der Waals surface area contributed by atoms with Gasteiger partial charge in [0.2, 0.25) is 0 Å². The summed E-state index contributed by atoms with van der Waals surface area (Å²) in [5.74, 6) is -0.158. The third kappa shape index (κ3) is 4.94. The van der Waals surface area contributed by atoms with Crippen LogP contribution in [0.3, 0.4) is 0 Å². The maximum Gasteiger partial charge on any atom is 0.323 e. The van der Waals surface area contributed by atoms with E-state index in [1.165, 1.54) is 0 Å². The van der Waals surface area contributed by atoms with E-state index in [1.54, 1.807) is 0 Å². The monoisotopic (exact) mass is 256 g/mol.